The predicted octanol–water partition coefficient (Wildman–Crippen LogP) is 1.28. The Hall–Kier alpha value is -3.03. The number of ether oxygens (including phenoxy) is 2. The molecule has 8 nitrogen and oxygen atoms in total. The molecule has 2 aromatic rings. The Balaban J connectivity index is 2.21. The van der Waals surface area contributed by atoms with Gasteiger partial charge in [0.2, 0.25) is 11.7 Å². The third kappa shape index (κ3) is 2.55. The number of carbonyl (C=O) groups is 1. The van der Waals surface area contributed by atoms with Gasteiger partial charge in [0, 0.05) is 12.3 Å². The first-order valence-corrected chi connectivity index (χ1v) is 7.30. The van der Waals surface area contributed by atoms with Gasteiger partial charge in [-0.1, -0.05) is 0 Å². The van der Waals surface area contributed by atoms with E-state index in [2.05, 4.69) is 15.3 Å². The van der Waals surface area contributed by atoms with Gasteiger partial charge in [0.1, 0.15) is 11.6 Å². The number of H-pyrrole nitrogens is 1. The summed E-state index contributed by atoms with van der Waals surface area (Å²) in [7, 11) is 2.83. The number of aromatic hydroxyl groups is 1. The molecular weight excluding hydrogens is 314 g/mol. The van der Waals surface area contributed by atoms with E-state index in [1.807, 2.05) is 0 Å². The van der Waals surface area contributed by atoms with Crippen molar-refractivity contribution in [2.75, 3.05) is 19.5 Å². The van der Waals surface area contributed by atoms with Crippen LogP contribution in [0.5, 0.6) is 17.2 Å². The Labute approximate surface area is 137 Å². The molecule has 1 aliphatic heterocycles. The maximum atomic E-state index is 12.4. The largest absolute Gasteiger partial charge is 0.502 e. The molecule has 0 fully saturated rings. The molecule has 0 bridgehead atoms. The number of amides is 1. The van der Waals surface area contributed by atoms with Crippen LogP contribution in [-0.4, -0.2) is 35.2 Å². The number of anilines is 1. The standard InChI is InChI=1S/C16H17N3O5/c1-7-17-15-13(16(22)18-7)9(6-12(20)19-15)8-4-10(23-2)14(21)11(5-8)24-3/h4-5,9,21H,6H2,1-3H3,(H2,17,18,19,20,22)/t9-/m1/s1. The Morgan fingerprint density at radius 2 is 1.83 bits per heavy atom. The number of methoxy groups -OCH3 is 2. The second kappa shape index (κ2) is 5.88. The number of carbonyl (C=O) groups excluding carboxylic acids is 1. The lowest BCUT2D eigenvalue weighted by Gasteiger charge is -2.25. The Morgan fingerprint density at radius 1 is 1.21 bits per heavy atom. The van der Waals surface area contributed by atoms with E-state index >= 15 is 0 Å². The number of aromatic nitrogens is 2. The van der Waals surface area contributed by atoms with Gasteiger partial charge in [-0.05, 0) is 24.6 Å². The zero-order valence-corrected chi connectivity index (χ0v) is 13.5. The predicted molar refractivity (Wildman–Crippen MR) is 85.9 cm³/mol. The lowest BCUT2D eigenvalue weighted by molar-refractivity contribution is -0.116. The second-order valence-electron chi connectivity index (χ2n) is 5.49. The topological polar surface area (TPSA) is 114 Å². The van der Waals surface area contributed by atoms with E-state index < -0.39 is 5.92 Å². The highest BCUT2D eigenvalue weighted by Gasteiger charge is 2.31. The minimum atomic E-state index is -0.519. The number of phenolic OH excluding ortho intramolecular Hbond substituents is 1. The normalized spacial score (nSPS) is 16.3. The fraction of sp³-hybridized carbons (Fsp3) is 0.312. The summed E-state index contributed by atoms with van der Waals surface area (Å²) in [6.07, 6.45) is 0.0813. The third-order valence-corrected chi connectivity index (χ3v) is 3.97. The van der Waals surface area contributed by atoms with Crippen molar-refractivity contribution < 1.29 is 19.4 Å². The van der Waals surface area contributed by atoms with E-state index in [1.165, 1.54) is 14.2 Å². The summed E-state index contributed by atoms with van der Waals surface area (Å²) in [4.78, 5) is 31.3. The third-order valence-electron chi connectivity index (χ3n) is 3.97. The van der Waals surface area contributed by atoms with Crippen molar-refractivity contribution in [3.05, 3.63) is 39.4 Å². The van der Waals surface area contributed by atoms with Crippen molar-refractivity contribution in [1.82, 2.24) is 9.97 Å². The molecule has 3 rings (SSSR count). The number of aromatic amines is 1. The Morgan fingerprint density at radius 3 is 2.42 bits per heavy atom. The van der Waals surface area contributed by atoms with Gasteiger partial charge in [-0.3, -0.25) is 9.59 Å². The molecule has 126 valence electrons. The van der Waals surface area contributed by atoms with Gasteiger partial charge in [0.15, 0.2) is 11.5 Å². The van der Waals surface area contributed by atoms with Gasteiger partial charge < -0.3 is 24.9 Å². The van der Waals surface area contributed by atoms with E-state index in [-0.39, 0.29) is 41.0 Å². The highest BCUT2D eigenvalue weighted by Crippen LogP contribution is 2.42. The highest BCUT2D eigenvalue weighted by molar-refractivity contribution is 5.94. The molecule has 0 saturated heterocycles. The zero-order chi connectivity index (χ0) is 17.4. The summed E-state index contributed by atoms with van der Waals surface area (Å²) in [6, 6.07) is 3.17. The summed E-state index contributed by atoms with van der Waals surface area (Å²) in [5.41, 5.74) is 0.678. The molecule has 0 spiro atoms. The fourth-order valence-corrected chi connectivity index (χ4v) is 2.88. The number of benzene rings is 1. The minimum absolute atomic E-state index is 0.0813. The molecule has 0 saturated carbocycles. The maximum absolute atomic E-state index is 12.4. The molecule has 8 heteroatoms. The average molecular weight is 331 g/mol. The number of phenols is 1. The Bertz CT molecular complexity index is 849. The highest BCUT2D eigenvalue weighted by atomic mass is 16.5. The summed E-state index contributed by atoms with van der Waals surface area (Å²) in [5, 5.41) is 12.7. The van der Waals surface area contributed by atoms with E-state index in [0.717, 1.165) is 0 Å². The van der Waals surface area contributed by atoms with Gasteiger partial charge in [-0.2, -0.15) is 0 Å². The molecule has 0 radical (unpaired) electrons. The van der Waals surface area contributed by atoms with Crippen LogP contribution in [0.25, 0.3) is 0 Å². The van der Waals surface area contributed by atoms with E-state index in [0.29, 0.717) is 17.0 Å². The minimum Gasteiger partial charge on any atom is -0.502 e. The van der Waals surface area contributed by atoms with Crippen molar-refractivity contribution in [3.63, 3.8) is 0 Å². The first-order chi connectivity index (χ1) is 11.4. The summed E-state index contributed by atoms with van der Waals surface area (Å²) >= 11 is 0. The lowest BCUT2D eigenvalue weighted by Crippen LogP contribution is -2.31. The van der Waals surface area contributed by atoms with Crippen molar-refractivity contribution >= 4 is 11.7 Å². The van der Waals surface area contributed by atoms with E-state index in [4.69, 9.17) is 9.47 Å². The summed E-state index contributed by atoms with van der Waals surface area (Å²) in [5.74, 6) is 0.177. The number of hydrogen-bond donors (Lipinski definition) is 3. The summed E-state index contributed by atoms with van der Waals surface area (Å²) < 4.78 is 10.3. The second-order valence-corrected chi connectivity index (χ2v) is 5.49. The molecule has 0 unspecified atom stereocenters. The van der Waals surface area contributed by atoms with Crippen molar-refractivity contribution in [2.24, 2.45) is 0 Å². The van der Waals surface area contributed by atoms with Crippen LogP contribution in [-0.2, 0) is 4.79 Å². The molecule has 1 aromatic carbocycles. The van der Waals surface area contributed by atoms with Crippen LogP contribution in [0.3, 0.4) is 0 Å². The fourth-order valence-electron chi connectivity index (χ4n) is 2.88. The van der Waals surface area contributed by atoms with Crippen LogP contribution in [0.1, 0.15) is 29.3 Å². The molecule has 1 aliphatic rings. The molecule has 0 aliphatic carbocycles. The SMILES string of the molecule is COc1cc([C@H]2CC(=O)Nc3nc(C)[nH]c(=O)c32)cc(OC)c1O. The van der Waals surface area contributed by atoms with E-state index in [9.17, 15) is 14.7 Å². The monoisotopic (exact) mass is 331 g/mol. The lowest BCUT2D eigenvalue weighted by atomic mass is 9.86. The first kappa shape index (κ1) is 15.9. The van der Waals surface area contributed by atoms with Gasteiger partial charge in [0.25, 0.3) is 5.56 Å². The van der Waals surface area contributed by atoms with Crippen molar-refractivity contribution in [2.45, 2.75) is 19.3 Å². The van der Waals surface area contributed by atoms with Crippen molar-refractivity contribution in [3.8, 4) is 17.2 Å². The van der Waals surface area contributed by atoms with Crippen LogP contribution in [0.4, 0.5) is 5.82 Å². The molecular formula is C16H17N3O5. The average Bonchev–Trinajstić information content (AvgIpc) is 2.53. The molecule has 3 N–H and O–H groups in total. The van der Waals surface area contributed by atoms with Crippen LogP contribution in [0.15, 0.2) is 16.9 Å². The number of nitrogens with zero attached hydrogens (tertiary/aromatic N) is 1. The number of rotatable bonds is 3. The van der Waals surface area contributed by atoms with Crippen LogP contribution in [0, 0.1) is 6.92 Å². The van der Waals surface area contributed by atoms with Crippen LogP contribution < -0.4 is 20.3 Å². The number of fused-ring (bicyclic) bond motifs is 1. The molecule has 24 heavy (non-hydrogen) atoms. The molecule has 1 amide bonds. The zero-order valence-electron chi connectivity index (χ0n) is 13.5. The van der Waals surface area contributed by atoms with Gasteiger partial charge >= 0.3 is 0 Å². The van der Waals surface area contributed by atoms with Gasteiger partial charge in [-0.15, -0.1) is 0 Å². The number of aryl methyl sites for hydroxylation is 1. The smallest absolute Gasteiger partial charge is 0.256 e. The molecule has 2 heterocycles. The summed E-state index contributed by atoms with van der Waals surface area (Å²) in [6.45, 7) is 1.64. The Kier molecular flexibility index (Phi) is 3.88. The van der Waals surface area contributed by atoms with Crippen LogP contribution >= 0.6 is 0 Å². The maximum Gasteiger partial charge on any atom is 0.256 e. The van der Waals surface area contributed by atoms with Crippen LogP contribution in [0.2, 0.25) is 0 Å². The molecule has 1 atom stereocenters. The quantitative estimate of drug-likeness (QED) is 0.780. The van der Waals surface area contributed by atoms with E-state index in [1.54, 1.807) is 19.1 Å². The number of nitrogens with one attached hydrogen (secondary N) is 2. The molecule has 1 aromatic heterocycles. The van der Waals surface area contributed by atoms with Crippen molar-refractivity contribution in [1.29, 1.82) is 0 Å². The van der Waals surface area contributed by atoms with Gasteiger partial charge in [-0.25, -0.2) is 4.98 Å². The van der Waals surface area contributed by atoms with Gasteiger partial charge in [0.05, 0.1) is 19.8 Å². The first-order valence-electron chi connectivity index (χ1n) is 7.30. The number of hydrogen-bond acceptors (Lipinski definition) is 6.